The highest BCUT2D eigenvalue weighted by Crippen LogP contribution is 2.56. The van der Waals surface area contributed by atoms with Gasteiger partial charge in [0.2, 0.25) is 0 Å². The van der Waals surface area contributed by atoms with Crippen molar-refractivity contribution in [3.8, 4) is 6.07 Å². The monoisotopic (exact) mass is 513 g/mol. The number of fused-ring (bicyclic) bond motifs is 3. The van der Waals surface area contributed by atoms with Crippen molar-refractivity contribution in [2.24, 2.45) is 5.41 Å². The number of para-hydroxylation sites is 1. The zero-order valence-corrected chi connectivity index (χ0v) is 20.3. The van der Waals surface area contributed by atoms with Crippen molar-refractivity contribution in [2.75, 3.05) is 12.0 Å². The lowest BCUT2D eigenvalue weighted by atomic mass is 9.68. The SMILES string of the molecule is COC(=O)[C@@]1(C#N)[C@@H](c2ccc([N+](=O)[O-])cc2)[C@H](C(=O)c2ccc(Cl)cc2)N2c3ccccc3C=C[C@@H]21. The molecule has 184 valence electrons. The second-order valence-corrected chi connectivity index (χ2v) is 9.32. The number of esters is 1. The van der Waals surface area contributed by atoms with Gasteiger partial charge in [0.1, 0.15) is 6.04 Å². The molecule has 0 radical (unpaired) electrons. The third-order valence-electron chi connectivity index (χ3n) is 7.11. The number of hydrogen-bond acceptors (Lipinski definition) is 7. The lowest BCUT2D eigenvalue weighted by molar-refractivity contribution is -0.384. The average Bonchev–Trinajstić information content (AvgIpc) is 3.24. The quantitative estimate of drug-likeness (QED) is 0.200. The summed E-state index contributed by atoms with van der Waals surface area (Å²) in [5, 5.41) is 22.4. The summed E-state index contributed by atoms with van der Waals surface area (Å²) in [4.78, 5) is 40.3. The van der Waals surface area contributed by atoms with Crippen molar-refractivity contribution < 1.29 is 19.2 Å². The predicted molar refractivity (Wildman–Crippen MR) is 137 cm³/mol. The van der Waals surface area contributed by atoms with Gasteiger partial charge in [0.15, 0.2) is 11.2 Å². The summed E-state index contributed by atoms with van der Waals surface area (Å²) in [5.74, 6) is -2.12. The average molecular weight is 514 g/mol. The maximum absolute atomic E-state index is 14.2. The molecule has 5 rings (SSSR count). The van der Waals surface area contributed by atoms with Crippen molar-refractivity contribution >= 4 is 40.8 Å². The van der Waals surface area contributed by atoms with E-state index >= 15 is 0 Å². The third-order valence-corrected chi connectivity index (χ3v) is 7.37. The number of rotatable bonds is 5. The molecule has 1 fully saturated rings. The van der Waals surface area contributed by atoms with Crippen LogP contribution in [0.25, 0.3) is 6.08 Å². The fourth-order valence-corrected chi connectivity index (χ4v) is 5.62. The maximum atomic E-state index is 14.2. The van der Waals surface area contributed by atoms with E-state index in [1.165, 1.54) is 31.4 Å². The molecule has 0 saturated carbocycles. The van der Waals surface area contributed by atoms with Gasteiger partial charge in [0, 0.05) is 34.3 Å². The Balaban J connectivity index is 1.80. The van der Waals surface area contributed by atoms with Gasteiger partial charge >= 0.3 is 5.97 Å². The topological polar surface area (TPSA) is 114 Å². The molecule has 4 atom stereocenters. The normalized spacial score (nSPS) is 23.5. The van der Waals surface area contributed by atoms with E-state index in [0.717, 1.165) is 5.56 Å². The molecule has 37 heavy (non-hydrogen) atoms. The minimum Gasteiger partial charge on any atom is -0.468 e. The summed E-state index contributed by atoms with van der Waals surface area (Å²) >= 11 is 6.06. The van der Waals surface area contributed by atoms with Gasteiger partial charge in [-0.05, 0) is 41.5 Å². The van der Waals surface area contributed by atoms with Gasteiger partial charge in [-0.2, -0.15) is 5.26 Å². The van der Waals surface area contributed by atoms with E-state index < -0.39 is 34.3 Å². The van der Waals surface area contributed by atoms with Crippen LogP contribution >= 0.6 is 11.6 Å². The van der Waals surface area contributed by atoms with Gasteiger partial charge in [0.05, 0.1) is 24.1 Å². The third kappa shape index (κ3) is 3.67. The fourth-order valence-electron chi connectivity index (χ4n) is 5.50. The van der Waals surface area contributed by atoms with E-state index in [-0.39, 0.29) is 11.5 Å². The Labute approximate surface area is 217 Å². The highest BCUT2D eigenvalue weighted by Gasteiger charge is 2.67. The lowest BCUT2D eigenvalue weighted by Crippen LogP contribution is -2.46. The van der Waals surface area contributed by atoms with Crippen LogP contribution in [-0.2, 0) is 9.53 Å². The molecule has 3 aromatic rings. The van der Waals surface area contributed by atoms with E-state index in [4.69, 9.17) is 16.3 Å². The number of nitrogens with zero attached hydrogens (tertiary/aromatic N) is 3. The molecule has 2 heterocycles. The molecule has 2 aliphatic rings. The van der Waals surface area contributed by atoms with Crippen molar-refractivity contribution in [3.63, 3.8) is 0 Å². The number of carbonyl (C=O) groups is 2. The Hall–Kier alpha value is -4.48. The minimum absolute atomic E-state index is 0.147. The number of hydrogen-bond donors (Lipinski definition) is 0. The first-order chi connectivity index (χ1) is 17.8. The Bertz CT molecular complexity index is 1480. The summed E-state index contributed by atoms with van der Waals surface area (Å²) < 4.78 is 5.17. The van der Waals surface area contributed by atoms with Crippen LogP contribution in [-0.4, -0.2) is 35.9 Å². The second kappa shape index (κ2) is 9.19. The molecular formula is C28H20ClN3O5. The van der Waals surface area contributed by atoms with E-state index in [9.17, 15) is 25.0 Å². The number of anilines is 1. The van der Waals surface area contributed by atoms with E-state index in [1.807, 2.05) is 30.3 Å². The first-order valence-corrected chi connectivity index (χ1v) is 11.8. The van der Waals surface area contributed by atoms with Crippen molar-refractivity contribution in [3.05, 3.63) is 111 Å². The van der Waals surface area contributed by atoms with Crippen LogP contribution in [0, 0.1) is 26.9 Å². The molecule has 0 spiro atoms. The summed E-state index contributed by atoms with van der Waals surface area (Å²) in [6, 6.07) is 19.8. The number of nitriles is 1. The zero-order chi connectivity index (χ0) is 26.3. The Morgan fingerprint density at radius 1 is 1.08 bits per heavy atom. The summed E-state index contributed by atoms with van der Waals surface area (Å²) in [6.07, 6.45) is 3.57. The summed E-state index contributed by atoms with van der Waals surface area (Å²) in [6.45, 7) is 0. The van der Waals surface area contributed by atoms with Gasteiger partial charge in [-0.3, -0.25) is 19.7 Å². The number of ether oxygens (including phenoxy) is 1. The first-order valence-electron chi connectivity index (χ1n) is 11.4. The molecule has 1 saturated heterocycles. The van der Waals surface area contributed by atoms with Crippen LogP contribution in [0.1, 0.15) is 27.4 Å². The van der Waals surface area contributed by atoms with Crippen molar-refractivity contribution in [1.29, 1.82) is 5.26 Å². The number of ketones is 1. The van der Waals surface area contributed by atoms with Crippen LogP contribution in [0.5, 0.6) is 0 Å². The molecule has 9 heteroatoms. The summed E-state index contributed by atoms with van der Waals surface area (Å²) in [5.41, 5.74) is 0.340. The maximum Gasteiger partial charge on any atom is 0.329 e. The molecule has 0 unspecified atom stereocenters. The number of halogens is 1. The zero-order valence-electron chi connectivity index (χ0n) is 19.6. The number of Topliss-reactive ketones (excluding diaryl/α,β-unsaturated/α-hetero) is 1. The van der Waals surface area contributed by atoms with Crippen LogP contribution < -0.4 is 4.90 Å². The number of benzene rings is 3. The Morgan fingerprint density at radius 2 is 1.76 bits per heavy atom. The summed E-state index contributed by atoms with van der Waals surface area (Å²) in [7, 11) is 1.20. The van der Waals surface area contributed by atoms with Crippen LogP contribution in [0.2, 0.25) is 5.02 Å². The van der Waals surface area contributed by atoms with Crippen LogP contribution in [0.4, 0.5) is 11.4 Å². The molecule has 2 aliphatic heterocycles. The van der Waals surface area contributed by atoms with E-state index in [0.29, 0.717) is 21.8 Å². The molecule has 0 aliphatic carbocycles. The Morgan fingerprint density at radius 3 is 2.38 bits per heavy atom. The lowest BCUT2D eigenvalue weighted by Gasteiger charge is -2.36. The molecule has 0 N–H and O–H groups in total. The molecule has 3 aromatic carbocycles. The van der Waals surface area contributed by atoms with Gasteiger partial charge in [0.25, 0.3) is 5.69 Å². The standard InChI is InChI=1S/C28H20ClN3O5/c1-37-27(34)28(16-30)23-15-10-17-4-2-3-5-22(17)31(23)25(26(33)19-6-11-20(29)12-7-19)24(28)18-8-13-21(14-9-18)32(35)36/h2-15,23-25H,1H3/t23-,24+,25-,28-/m1/s1. The molecule has 8 nitrogen and oxygen atoms in total. The number of carbonyl (C=O) groups excluding carboxylic acids is 2. The van der Waals surface area contributed by atoms with Crippen LogP contribution in [0.15, 0.2) is 78.9 Å². The van der Waals surface area contributed by atoms with Gasteiger partial charge in [-0.1, -0.05) is 54.1 Å². The minimum atomic E-state index is -1.82. The smallest absolute Gasteiger partial charge is 0.329 e. The molecule has 0 amide bonds. The van der Waals surface area contributed by atoms with E-state index in [1.54, 1.807) is 35.2 Å². The molecule has 0 aromatic heterocycles. The number of non-ortho nitro benzene ring substituents is 1. The molecular weight excluding hydrogens is 494 g/mol. The van der Waals surface area contributed by atoms with Crippen molar-refractivity contribution in [2.45, 2.75) is 18.0 Å². The van der Waals surface area contributed by atoms with Gasteiger partial charge in [-0.25, -0.2) is 0 Å². The fraction of sp³-hybridized carbons (Fsp3) is 0.179. The predicted octanol–water partition coefficient (Wildman–Crippen LogP) is 5.18. The van der Waals surface area contributed by atoms with Crippen molar-refractivity contribution in [1.82, 2.24) is 0 Å². The highest BCUT2D eigenvalue weighted by atomic mass is 35.5. The van der Waals surface area contributed by atoms with E-state index in [2.05, 4.69) is 6.07 Å². The number of methoxy groups -OCH3 is 1. The second-order valence-electron chi connectivity index (χ2n) is 8.88. The highest BCUT2D eigenvalue weighted by molar-refractivity contribution is 6.30. The van der Waals surface area contributed by atoms with Gasteiger partial charge < -0.3 is 9.64 Å². The van der Waals surface area contributed by atoms with Crippen LogP contribution in [0.3, 0.4) is 0 Å². The first kappa shape index (κ1) is 24.2. The largest absolute Gasteiger partial charge is 0.468 e. The number of nitro benzene ring substituents is 1. The Kier molecular flexibility index (Phi) is 6.02. The van der Waals surface area contributed by atoms with Gasteiger partial charge in [-0.15, -0.1) is 0 Å². The molecule has 0 bridgehead atoms. The number of nitro groups is 1.